The largest absolute Gasteiger partial charge is 0.372 e. The Morgan fingerprint density at radius 3 is 2.92 bits per heavy atom. The van der Waals surface area contributed by atoms with Gasteiger partial charge < -0.3 is 5.32 Å². The molecule has 0 radical (unpaired) electrons. The lowest BCUT2D eigenvalue weighted by molar-refractivity contribution is 1.10. The van der Waals surface area contributed by atoms with E-state index >= 15 is 0 Å². The molecule has 1 aromatic rings. The Balaban J connectivity index is 3.13. The maximum Gasteiger partial charge on any atom is 0.239 e. The zero-order valence-electron chi connectivity index (χ0n) is 6.50. The van der Waals surface area contributed by atoms with E-state index in [1.165, 1.54) is 6.20 Å². The van der Waals surface area contributed by atoms with Crippen LogP contribution in [0.4, 0.5) is 11.8 Å². The first-order valence-corrected chi connectivity index (χ1v) is 3.23. The molecule has 62 valence electrons. The van der Waals surface area contributed by atoms with Gasteiger partial charge in [-0.1, -0.05) is 0 Å². The van der Waals surface area contributed by atoms with E-state index in [9.17, 15) is 0 Å². The topological polar surface area (TPSA) is 99.7 Å². The molecule has 1 rings (SSSR count). The predicted octanol–water partition coefficient (Wildman–Crippen LogP) is -0.324. The van der Waals surface area contributed by atoms with Crippen molar-refractivity contribution in [3.05, 3.63) is 11.8 Å². The monoisotopic (exact) mass is 164 g/mol. The van der Waals surface area contributed by atoms with Crippen molar-refractivity contribution in [1.29, 1.82) is 5.26 Å². The van der Waals surface area contributed by atoms with Crippen LogP contribution >= 0.6 is 0 Å². The lowest BCUT2D eigenvalue weighted by Gasteiger charge is -2.02. The molecule has 0 atom stereocenters. The van der Waals surface area contributed by atoms with Gasteiger partial charge in [0.1, 0.15) is 17.5 Å². The molecule has 0 amide bonds. The first-order valence-electron chi connectivity index (χ1n) is 3.23. The minimum Gasteiger partial charge on any atom is -0.372 e. The number of anilines is 2. The summed E-state index contributed by atoms with van der Waals surface area (Å²) in [5, 5.41) is 11.3. The van der Waals surface area contributed by atoms with Gasteiger partial charge in [0.05, 0.1) is 6.20 Å². The number of nitrogens with one attached hydrogen (secondary N) is 2. The average molecular weight is 164 g/mol. The number of rotatable bonds is 2. The van der Waals surface area contributed by atoms with Gasteiger partial charge in [-0.25, -0.2) is 10.8 Å². The van der Waals surface area contributed by atoms with Crippen LogP contribution in [-0.4, -0.2) is 17.0 Å². The van der Waals surface area contributed by atoms with E-state index in [1.54, 1.807) is 7.05 Å². The van der Waals surface area contributed by atoms with E-state index in [1.807, 2.05) is 6.07 Å². The molecule has 4 N–H and O–H groups in total. The van der Waals surface area contributed by atoms with Crippen molar-refractivity contribution >= 4 is 11.8 Å². The van der Waals surface area contributed by atoms with Gasteiger partial charge in [-0.15, -0.1) is 0 Å². The molecule has 0 unspecified atom stereocenters. The van der Waals surface area contributed by atoms with Gasteiger partial charge in [-0.2, -0.15) is 10.2 Å². The molecule has 0 aromatic carbocycles. The number of nitriles is 1. The van der Waals surface area contributed by atoms with Crippen LogP contribution in [0.1, 0.15) is 5.56 Å². The minimum atomic E-state index is 0.276. The second-order valence-corrected chi connectivity index (χ2v) is 1.96. The summed E-state index contributed by atoms with van der Waals surface area (Å²) in [7, 11) is 1.67. The summed E-state index contributed by atoms with van der Waals surface area (Å²) >= 11 is 0. The summed E-state index contributed by atoms with van der Waals surface area (Å²) in [5.41, 5.74) is 2.67. The number of hydrazine groups is 1. The molecule has 0 aliphatic heterocycles. The summed E-state index contributed by atoms with van der Waals surface area (Å²) < 4.78 is 0. The predicted molar refractivity (Wildman–Crippen MR) is 44.1 cm³/mol. The molecule has 6 heteroatoms. The highest BCUT2D eigenvalue weighted by Crippen LogP contribution is 2.10. The Bertz CT molecular complexity index is 314. The molecular formula is C6H8N6. The van der Waals surface area contributed by atoms with Crippen molar-refractivity contribution in [1.82, 2.24) is 9.97 Å². The molecular weight excluding hydrogens is 156 g/mol. The van der Waals surface area contributed by atoms with Gasteiger partial charge in [0, 0.05) is 7.05 Å². The van der Waals surface area contributed by atoms with Crippen LogP contribution in [0.25, 0.3) is 0 Å². The number of aromatic nitrogens is 2. The molecule has 0 spiro atoms. The van der Waals surface area contributed by atoms with E-state index in [-0.39, 0.29) is 5.95 Å². The fourth-order valence-corrected chi connectivity index (χ4v) is 0.724. The molecule has 0 fully saturated rings. The summed E-state index contributed by atoms with van der Waals surface area (Å²) in [6, 6.07) is 1.94. The van der Waals surface area contributed by atoms with Crippen LogP contribution in [-0.2, 0) is 0 Å². The molecule has 1 aromatic heterocycles. The van der Waals surface area contributed by atoms with Crippen LogP contribution < -0.4 is 16.6 Å². The van der Waals surface area contributed by atoms with Gasteiger partial charge in [0.25, 0.3) is 0 Å². The number of hydrogen-bond donors (Lipinski definition) is 3. The smallest absolute Gasteiger partial charge is 0.239 e. The van der Waals surface area contributed by atoms with Crippen molar-refractivity contribution < 1.29 is 0 Å². The molecule has 0 saturated carbocycles. The third-order valence-electron chi connectivity index (χ3n) is 1.28. The van der Waals surface area contributed by atoms with Gasteiger partial charge in [-0.05, 0) is 0 Å². The molecule has 12 heavy (non-hydrogen) atoms. The molecule has 0 saturated heterocycles. The number of nitrogen functional groups attached to an aromatic ring is 1. The van der Waals surface area contributed by atoms with Crippen molar-refractivity contribution in [2.45, 2.75) is 0 Å². The zero-order chi connectivity index (χ0) is 8.97. The standard InChI is InChI=1S/C6H8N6/c1-9-5-4(2-7)3-10-6(11-5)12-8/h3H,8H2,1H3,(H2,9,10,11,12). The van der Waals surface area contributed by atoms with Crippen LogP contribution in [0.3, 0.4) is 0 Å². The van der Waals surface area contributed by atoms with Gasteiger partial charge >= 0.3 is 0 Å². The SMILES string of the molecule is CNc1nc(NN)ncc1C#N. The summed E-state index contributed by atoms with van der Waals surface area (Å²) in [6.45, 7) is 0. The maximum absolute atomic E-state index is 8.59. The molecule has 0 aliphatic rings. The van der Waals surface area contributed by atoms with Crippen molar-refractivity contribution in [2.24, 2.45) is 5.84 Å². The quantitative estimate of drug-likeness (QED) is 0.409. The molecule has 6 nitrogen and oxygen atoms in total. The fourth-order valence-electron chi connectivity index (χ4n) is 0.724. The second kappa shape index (κ2) is 3.50. The van der Waals surface area contributed by atoms with Crippen LogP contribution in [0.5, 0.6) is 0 Å². The third-order valence-corrected chi connectivity index (χ3v) is 1.28. The maximum atomic E-state index is 8.59. The second-order valence-electron chi connectivity index (χ2n) is 1.96. The van der Waals surface area contributed by atoms with E-state index in [0.29, 0.717) is 11.4 Å². The number of nitrogens with two attached hydrogens (primary N) is 1. The first-order chi connectivity index (χ1) is 5.81. The zero-order valence-corrected chi connectivity index (χ0v) is 6.50. The van der Waals surface area contributed by atoms with Gasteiger partial charge in [0.15, 0.2) is 0 Å². The van der Waals surface area contributed by atoms with Crippen LogP contribution in [0.15, 0.2) is 6.20 Å². The van der Waals surface area contributed by atoms with Crippen molar-refractivity contribution in [3.8, 4) is 6.07 Å². The summed E-state index contributed by atoms with van der Waals surface area (Å²) in [5.74, 6) is 5.81. The Hall–Kier alpha value is -1.87. The van der Waals surface area contributed by atoms with Crippen molar-refractivity contribution in [2.75, 3.05) is 17.8 Å². The normalized spacial score (nSPS) is 8.75. The highest BCUT2D eigenvalue weighted by Gasteiger charge is 2.02. The minimum absolute atomic E-state index is 0.276. The molecule has 0 bridgehead atoms. The highest BCUT2D eigenvalue weighted by atomic mass is 15.3. The van der Waals surface area contributed by atoms with Crippen LogP contribution in [0.2, 0.25) is 0 Å². The average Bonchev–Trinajstić information content (AvgIpc) is 2.16. The summed E-state index contributed by atoms with van der Waals surface area (Å²) in [6.07, 6.45) is 1.40. The molecule has 0 aliphatic carbocycles. The van der Waals surface area contributed by atoms with E-state index < -0.39 is 0 Å². The summed E-state index contributed by atoms with van der Waals surface area (Å²) in [4.78, 5) is 7.67. The Kier molecular flexibility index (Phi) is 2.40. The van der Waals surface area contributed by atoms with Crippen LogP contribution in [0, 0.1) is 11.3 Å². The van der Waals surface area contributed by atoms with E-state index in [2.05, 4.69) is 20.7 Å². The number of nitrogens with zero attached hydrogens (tertiary/aromatic N) is 3. The lowest BCUT2D eigenvalue weighted by Crippen LogP contribution is -2.11. The van der Waals surface area contributed by atoms with Gasteiger partial charge in [0.2, 0.25) is 5.95 Å². The third kappa shape index (κ3) is 1.41. The Morgan fingerprint density at radius 2 is 2.42 bits per heavy atom. The fraction of sp³-hybridized carbons (Fsp3) is 0.167. The number of hydrogen-bond acceptors (Lipinski definition) is 6. The first kappa shape index (κ1) is 8.23. The highest BCUT2D eigenvalue weighted by molar-refractivity contribution is 5.52. The van der Waals surface area contributed by atoms with Crippen molar-refractivity contribution in [3.63, 3.8) is 0 Å². The Labute approximate surface area is 69.4 Å². The van der Waals surface area contributed by atoms with Gasteiger partial charge in [-0.3, -0.25) is 5.43 Å². The van der Waals surface area contributed by atoms with E-state index in [0.717, 1.165) is 0 Å². The van der Waals surface area contributed by atoms with E-state index in [4.69, 9.17) is 11.1 Å². The Morgan fingerprint density at radius 1 is 1.67 bits per heavy atom. The lowest BCUT2D eigenvalue weighted by atomic mass is 10.3. The molecule has 1 heterocycles.